The number of hydrogen-bond acceptors (Lipinski definition) is 3. The van der Waals surface area contributed by atoms with Crippen LogP contribution in [0.25, 0.3) is 0 Å². The summed E-state index contributed by atoms with van der Waals surface area (Å²) in [7, 11) is 0. The van der Waals surface area contributed by atoms with E-state index in [0.717, 1.165) is 50.2 Å². The summed E-state index contributed by atoms with van der Waals surface area (Å²) in [4.78, 5) is 16.9. The van der Waals surface area contributed by atoms with Crippen molar-refractivity contribution in [3.63, 3.8) is 0 Å². The maximum atomic E-state index is 12.4. The van der Waals surface area contributed by atoms with Gasteiger partial charge in [0.05, 0.1) is 12.0 Å². The molecule has 0 radical (unpaired) electrons. The van der Waals surface area contributed by atoms with Crippen LogP contribution in [0.4, 0.5) is 0 Å². The van der Waals surface area contributed by atoms with E-state index in [4.69, 9.17) is 0 Å². The number of aromatic nitrogens is 2. The molecule has 1 aliphatic carbocycles. The summed E-state index contributed by atoms with van der Waals surface area (Å²) in [5, 5.41) is 3.36. The lowest BCUT2D eigenvalue weighted by molar-refractivity contribution is 0.327. The Morgan fingerprint density at radius 3 is 2.89 bits per heavy atom. The van der Waals surface area contributed by atoms with Gasteiger partial charge in [-0.3, -0.25) is 9.36 Å². The van der Waals surface area contributed by atoms with Crippen LogP contribution in [0.15, 0.2) is 11.1 Å². The zero-order chi connectivity index (χ0) is 12.4. The standard InChI is InChI=1S/C14H21N3O/c18-14-12-3-1-2-4-13(12)16-10-17(14)9-11-5-7-15-8-6-11/h10-11,15H,1-9H2. The van der Waals surface area contributed by atoms with Crippen LogP contribution in [0.2, 0.25) is 0 Å². The van der Waals surface area contributed by atoms with E-state index in [9.17, 15) is 4.79 Å². The van der Waals surface area contributed by atoms with E-state index < -0.39 is 0 Å². The summed E-state index contributed by atoms with van der Waals surface area (Å²) in [5.74, 6) is 0.632. The predicted octanol–water partition coefficient (Wildman–Crippen LogP) is 1.12. The van der Waals surface area contributed by atoms with Gasteiger partial charge in [-0.25, -0.2) is 4.98 Å². The first-order valence-electron chi connectivity index (χ1n) is 7.12. The number of nitrogens with one attached hydrogen (secondary N) is 1. The summed E-state index contributed by atoms with van der Waals surface area (Å²) < 4.78 is 1.85. The number of nitrogens with zero attached hydrogens (tertiary/aromatic N) is 2. The van der Waals surface area contributed by atoms with Gasteiger partial charge < -0.3 is 5.32 Å². The monoisotopic (exact) mass is 247 g/mol. The number of hydrogen-bond donors (Lipinski definition) is 1. The van der Waals surface area contributed by atoms with Crippen molar-refractivity contribution >= 4 is 0 Å². The molecule has 0 spiro atoms. The van der Waals surface area contributed by atoms with E-state index in [1.54, 1.807) is 6.33 Å². The smallest absolute Gasteiger partial charge is 0.256 e. The largest absolute Gasteiger partial charge is 0.317 e. The fraction of sp³-hybridized carbons (Fsp3) is 0.714. The summed E-state index contributed by atoms with van der Waals surface area (Å²) in [6.45, 7) is 3.01. The Kier molecular flexibility index (Phi) is 3.46. The van der Waals surface area contributed by atoms with E-state index in [-0.39, 0.29) is 5.56 Å². The van der Waals surface area contributed by atoms with Gasteiger partial charge in [0.25, 0.3) is 5.56 Å². The third-order valence-corrected chi connectivity index (χ3v) is 4.22. The van der Waals surface area contributed by atoms with Crippen molar-refractivity contribution in [1.29, 1.82) is 0 Å². The van der Waals surface area contributed by atoms with Gasteiger partial charge in [0, 0.05) is 12.1 Å². The normalized spacial score (nSPS) is 20.7. The van der Waals surface area contributed by atoms with Gasteiger partial charge in [0.2, 0.25) is 0 Å². The quantitative estimate of drug-likeness (QED) is 0.852. The molecule has 1 aromatic rings. The van der Waals surface area contributed by atoms with E-state index in [1.165, 1.54) is 19.3 Å². The fourth-order valence-electron chi connectivity index (χ4n) is 3.10. The van der Waals surface area contributed by atoms with Crippen molar-refractivity contribution in [2.45, 2.75) is 45.1 Å². The van der Waals surface area contributed by atoms with Crippen molar-refractivity contribution in [3.05, 3.63) is 27.9 Å². The van der Waals surface area contributed by atoms with Gasteiger partial charge in [-0.15, -0.1) is 0 Å². The molecule has 1 aromatic heterocycles. The zero-order valence-electron chi connectivity index (χ0n) is 10.8. The lowest BCUT2D eigenvalue weighted by Gasteiger charge is -2.24. The van der Waals surface area contributed by atoms with Gasteiger partial charge in [-0.1, -0.05) is 0 Å². The van der Waals surface area contributed by atoms with Gasteiger partial charge in [0.15, 0.2) is 0 Å². The van der Waals surface area contributed by atoms with E-state index in [2.05, 4.69) is 10.3 Å². The van der Waals surface area contributed by atoms with Crippen LogP contribution in [0, 0.1) is 5.92 Å². The molecule has 2 heterocycles. The minimum Gasteiger partial charge on any atom is -0.317 e. The molecule has 4 nitrogen and oxygen atoms in total. The second kappa shape index (κ2) is 5.22. The van der Waals surface area contributed by atoms with Crippen LogP contribution in [0.3, 0.4) is 0 Å². The molecule has 1 saturated heterocycles. The molecular weight excluding hydrogens is 226 g/mol. The highest BCUT2D eigenvalue weighted by atomic mass is 16.1. The van der Waals surface area contributed by atoms with Crippen molar-refractivity contribution in [2.24, 2.45) is 5.92 Å². The molecule has 1 N–H and O–H groups in total. The number of rotatable bonds is 2. The first kappa shape index (κ1) is 11.9. The summed E-state index contributed by atoms with van der Waals surface area (Å²) in [5.41, 5.74) is 2.25. The first-order chi connectivity index (χ1) is 8.84. The van der Waals surface area contributed by atoms with E-state index in [0.29, 0.717) is 5.92 Å². The van der Waals surface area contributed by atoms with E-state index >= 15 is 0 Å². The predicted molar refractivity (Wildman–Crippen MR) is 70.7 cm³/mol. The van der Waals surface area contributed by atoms with Gasteiger partial charge in [0.1, 0.15) is 0 Å². The average molecular weight is 247 g/mol. The molecule has 0 saturated carbocycles. The van der Waals surface area contributed by atoms with Crippen LogP contribution in [0.5, 0.6) is 0 Å². The highest BCUT2D eigenvalue weighted by molar-refractivity contribution is 5.19. The Hall–Kier alpha value is -1.16. The lowest BCUT2D eigenvalue weighted by Crippen LogP contribution is -2.34. The fourth-order valence-corrected chi connectivity index (χ4v) is 3.10. The maximum Gasteiger partial charge on any atom is 0.256 e. The second-order valence-corrected chi connectivity index (χ2v) is 5.53. The van der Waals surface area contributed by atoms with Crippen LogP contribution < -0.4 is 10.9 Å². The van der Waals surface area contributed by atoms with Crippen LogP contribution >= 0.6 is 0 Å². The molecule has 98 valence electrons. The Morgan fingerprint density at radius 2 is 2.06 bits per heavy atom. The Bertz CT molecular complexity index is 474. The molecule has 0 atom stereocenters. The van der Waals surface area contributed by atoms with Gasteiger partial charge >= 0.3 is 0 Å². The molecule has 1 fully saturated rings. The second-order valence-electron chi connectivity index (χ2n) is 5.53. The maximum absolute atomic E-state index is 12.4. The van der Waals surface area contributed by atoms with Crippen molar-refractivity contribution in [1.82, 2.24) is 14.9 Å². The topological polar surface area (TPSA) is 46.9 Å². The van der Waals surface area contributed by atoms with Gasteiger partial charge in [-0.05, 0) is 57.5 Å². The third kappa shape index (κ3) is 2.34. The minimum atomic E-state index is 0.221. The van der Waals surface area contributed by atoms with Gasteiger partial charge in [-0.2, -0.15) is 0 Å². The molecule has 0 bridgehead atoms. The molecule has 18 heavy (non-hydrogen) atoms. The Morgan fingerprint density at radius 1 is 1.28 bits per heavy atom. The Labute approximate surface area is 107 Å². The molecule has 0 amide bonds. The summed E-state index contributed by atoms with van der Waals surface area (Å²) in [6, 6.07) is 0. The molecule has 4 heteroatoms. The molecular formula is C14H21N3O. The van der Waals surface area contributed by atoms with Crippen molar-refractivity contribution < 1.29 is 0 Å². The molecule has 0 unspecified atom stereocenters. The summed E-state index contributed by atoms with van der Waals surface area (Å²) in [6.07, 6.45) is 8.34. The zero-order valence-corrected chi connectivity index (χ0v) is 10.8. The molecule has 0 aromatic carbocycles. The Balaban J connectivity index is 1.81. The number of aryl methyl sites for hydroxylation is 1. The summed E-state index contributed by atoms with van der Waals surface area (Å²) >= 11 is 0. The van der Waals surface area contributed by atoms with Crippen LogP contribution in [0.1, 0.15) is 36.9 Å². The van der Waals surface area contributed by atoms with Crippen LogP contribution in [-0.2, 0) is 19.4 Å². The number of piperidine rings is 1. The lowest BCUT2D eigenvalue weighted by atomic mass is 9.96. The average Bonchev–Trinajstić information content (AvgIpc) is 2.43. The first-order valence-corrected chi connectivity index (χ1v) is 7.12. The molecule has 2 aliphatic rings. The molecule has 3 rings (SSSR count). The highest BCUT2D eigenvalue weighted by Gasteiger charge is 2.18. The van der Waals surface area contributed by atoms with E-state index in [1.807, 2.05) is 4.57 Å². The van der Waals surface area contributed by atoms with Crippen molar-refractivity contribution in [2.75, 3.05) is 13.1 Å². The minimum absolute atomic E-state index is 0.221. The van der Waals surface area contributed by atoms with Crippen molar-refractivity contribution in [3.8, 4) is 0 Å². The SMILES string of the molecule is O=c1c2c(ncn1CC1CCNCC1)CCCC2. The number of fused-ring (bicyclic) bond motifs is 1. The van der Waals surface area contributed by atoms with Crippen LogP contribution in [-0.4, -0.2) is 22.6 Å². The molecule has 1 aliphatic heterocycles. The highest BCUT2D eigenvalue weighted by Crippen LogP contribution is 2.17. The third-order valence-electron chi connectivity index (χ3n) is 4.22.